The normalized spacial score (nSPS) is 16.3. The van der Waals surface area contributed by atoms with E-state index in [0.717, 1.165) is 49.4 Å². The predicted octanol–water partition coefficient (Wildman–Crippen LogP) is 1.61. The van der Waals surface area contributed by atoms with Crippen molar-refractivity contribution in [2.24, 2.45) is 0 Å². The Morgan fingerprint density at radius 3 is 2.56 bits per heavy atom. The zero-order valence-corrected chi connectivity index (χ0v) is 9.34. The topological polar surface area (TPSA) is 35.5 Å². The number of rotatable bonds is 2. The van der Waals surface area contributed by atoms with E-state index >= 15 is 0 Å². The lowest BCUT2D eigenvalue weighted by molar-refractivity contribution is -0.107. The highest BCUT2D eigenvalue weighted by molar-refractivity contribution is 5.67. The number of carbonyl (C=O) groups excluding carboxylic acids is 1. The Labute approximate surface area is 94.4 Å². The van der Waals surface area contributed by atoms with Gasteiger partial charge in [-0.25, -0.2) is 0 Å². The van der Waals surface area contributed by atoms with Gasteiger partial charge in [-0.05, 0) is 12.5 Å². The van der Waals surface area contributed by atoms with Crippen molar-refractivity contribution in [3.63, 3.8) is 0 Å². The lowest BCUT2D eigenvalue weighted by atomic mass is 9.93. The molecule has 3 nitrogen and oxygen atoms in total. The number of fused-ring (bicyclic) bond motifs is 2. The van der Waals surface area contributed by atoms with Crippen molar-refractivity contribution < 1.29 is 14.3 Å². The predicted molar refractivity (Wildman–Crippen MR) is 59.3 cm³/mol. The van der Waals surface area contributed by atoms with Crippen LogP contribution in [0, 0.1) is 6.92 Å². The van der Waals surface area contributed by atoms with Gasteiger partial charge >= 0.3 is 0 Å². The Morgan fingerprint density at radius 1 is 1.12 bits per heavy atom. The summed E-state index contributed by atoms with van der Waals surface area (Å²) >= 11 is 0. The molecular formula is C13H14O3. The maximum absolute atomic E-state index is 10.8. The maximum atomic E-state index is 10.8. The van der Waals surface area contributed by atoms with Crippen LogP contribution in [0.2, 0.25) is 0 Å². The minimum atomic E-state index is 0.439. The van der Waals surface area contributed by atoms with Gasteiger partial charge in [0.2, 0.25) is 0 Å². The van der Waals surface area contributed by atoms with E-state index in [4.69, 9.17) is 9.47 Å². The van der Waals surface area contributed by atoms with Gasteiger partial charge in [0, 0.05) is 36.0 Å². The summed E-state index contributed by atoms with van der Waals surface area (Å²) in [5.74, 6) is 1.95. The molecule has 1 aromatic carbocycles. The smallest absolute Gasteiger partial charge is 0.127 e. The standard InChI is InChI=1S/C13H14O3/c1-8-9-3-6-16-13(9)10(2-5-14)11-4-7-15-12(8)11/h5H,2-4,6-7H2,1H3. The van der Waals surface area contributed by atoms with Crippen molar-refractivity contribution in [3.05, 3.63) is 22.3 Å². The summed E-state index contributed by atoms with van der Waals surface area (Å²) < 4.78 is 11.3. The van der Waals surface area contributed by atoms with E-state index in [9.17, 15) is 4.79 Å². The van der Waals surface area contributed by atoms with Crippen molar-refractivity contribution in [2.75, 3.05) is 13.2 Å². The molecule has 0 N–H and O–H groups in total. The highest BCUT2D eigenvalue weighted by Gasteiger charge is 2.28. The van der Waals surface area contributed by atoms with Crippen LogP contribution in [-0.2, 0) is 24.1 Å². The molecule has 16 heavy (non-hydrogen) atoms. The second-order valence-electron chi connectivity index (χ2n) is 4.29. The van der Waals surface area contributed by atoms with E-state index < -0.39 is 0 Å². The van der Waals surface area contributed by atoms with Gasteiger partial charge in [-0.15, -0.1) is 0 Å². The van der Waals surface area contributed by atoms with E-state index in [1.54, 1.807) is 0 Å². The molecule has 2 aliphatic rings. The highest BCUT2D eigenvalue weighted by Crippen LogP contribution is 2.43. The summed E-state index contributed by atoms with van der Waals surface area (Å²) in [6.45, 7) is 3.54. The van der Waals surface area contributed by atoms with Crippen molar-refractivity contribution in [3.8, 4) is 11.5 Å². The molecule has 0 radical (unpaired) electrons. The molecule has 84 valence electrons. The molecule has 0 aliphatic carbocycles. The van der Waals surface area contributed by atoms with Crippen LogP contribution in [0.5, 0.6) is 11.5 Å². The quantitative estimate of drug-likeness (QED) is 0.707. The second-order valence-corrected chi connectivity index (χ2v) is 4.29. The first-order chi connectivity index (χ1) is 7.83. The molecule has 0 atom stereocenters. The summed E-state index contributed by atoms with van der Waals surface area (Å²) in [6, 6.07) is 0. The highest BCUT2D eigenvalue weighted by atomic mass is 16.5. The first-order valence-electron chi connectivity index (χ1n) is 5.69. The molecule has 3 heteroatoms. The van der Waals surface area contributed by atoms with E-state index in [-0.39, 0.29) is 0 Å². The van der Waals surface area contributed by atoms with Crippen molar-refractivity contribution in [2.45, 2.75) is 26.2 Å². The molecule has 0 aromatic heterocycles. The maximum Gasteiger partial charge on any atom is 0.127 e. The SMILES string of the molecule is Cc1c2c(c(CC=O)c3c1OCC3)OCC2. The fourth-order valence-electron chi connectivity index (χ4n) is 2.73. The Balaban J connectivity index is 2.27. The van der Waals surface area contributed by atoms with E-state index in [1.807, 2.05) is 0 Å². The monoisotopic (exact) mass is 218 g/mol. The molecule has 0 saturated heterocycles. The van der Waals surface area contributed by atoms with E-state index in [2.05, 4.69) is 6.92 Å². The third-order valence-corrected chi connectivity index (χ3v) is 3.46. The first kappa shape index (κ1) is 9.70. The zero-order valence-electron chi connectivity index (χ0n) is 9.34. The molecule has 1 aromatic rings. The molecule has 3 rings (SSSR count). The fraction of sp³-hybridized carbons (Fsp3) is 0.462. The third-order valence-electron chi connectivity index (χ3n) is 3.46. The summed E-state index contributed by atoms with van der Waals surface area (Å²) in [6.07, 6.45) is 3.22. The second kappa shape index (κ2) is 3.51. The fourth-order valence-corrected chi connectivity index (χ4v) is 2.73. The average molecular weight is 218 g/mol. The largest absolute Gasteiger partial charge is 0.493 e. The Hall–Kier alpha value is -1.51. The van der Waals surface area contributed by atoms with Gasteiger partial charge in [-0.3, -0.25) is 0 Å². The Kier molecular flexibility index (Phi) is 2.13. The van der Waals surface area contributed by atoms with Crippen LogP contribution < -0.4 is 9.47 Å². The van der Waals surface area contributed by atoms with Crippen LogP contribution in [0.3, 0.4) is 0 Å². The Bertz CT molecular complexity index is 428. The number of aldehydes is 1. The lowest BCUT2D eigenvalue weighted by Crippen LogP contribution is -1.99. The Morgan fingerprint density at radius 2 is 1.81 bits per heavy atom. The minimum absolute atomic E-state index is 0.439. The van der Waals surface area contributed by atoms with Crippen molar-refractivity contribution >= 4 is 6.29 Å². The molecule has 2 heterocycles. The number of hydrogen-bond donors (Lipinski definition) is 0. The van der Waals surface area contributed by atoms with Crippen LogP contribution in [0.4, 0.5) is 0 Å². The number of hydrogen-bond acceptors (Lipinski definition) is 3. The van der Waals surface area contributed by atoms with Crippen LogP contribution in [0.25, 0.3) is 0 Å². The molecule has 0 spiro atoms. The number of benzene rings is 1. The molecule has 0 amide bonds. The van der Waals surface area contributed by atoms with Gasteiger partial charge < -0.3 is 14.3 Å². The van der Waals surface area contributed by atoms with E-state index in [1.165, 1.54) is 16.7 Å². The third kappa shape index (κ3) is 1.17. The van der Waals surface area contributed by atoms with Crippen LogP contribution in [-0.4, -0.2) is 19.5 Å². The minimum Gasteiger partial charge on any atom is -0.493 e. The van der Waals surface area contributed by atoms with Crippen molar-refractivity contribution in [1.29, 1.82) is 0 Å². The zero-order chi connectivity index (χ0) is 11.1. The number of ether oxygens (including phenoxy) is 2. The molecule has 0 unspecified atom stereocenters. The summed E-state index contributed by atoms with van der Waals surface area (Å²) in [7, 11) is 0. The molecule has 0 fully saturated rings. The summed E-state index contributed by atoms with van der Waals surface area (Å²) in [5, 5.41) is 0. The van der Waals surface area contributed by atoms with Gasteiger partial charge in [-0.2, -0.15) is 0 Å². The molecular weight excluding hydrogens is 204 g/mol. The van der Waals surface area contributed by atoms with Gasteiger partial charge in [-0.1, -0.05) is 0 Å². The average Bonchev–Trinajstić information content (AvgIpc) is 2.92. The van der Waals surface area contributed by atoms with E-state index in [0.29, 0.717) is 6.42 Å². The number of carbonyl (C=O) groups is 1. The molecule has 0 bridgehead atoms. The van der Waals surface area contributed by atoms with Gasteiger partial charge in [0.1, 0.15) is 17.8 Å². The van der Waals surface area contributed by atoms with Gasteiger partial charge in [0.15, 0.2) is 0 Å². The van der Waals surface area contributed by atoms with Crippen molar-refractivity contribution in [1.82, 2.24) is 0 Å². The van der Waals surface area contributed by atoms with Crippen LogP contribution in [0.15, 0.2) is 0 Å². The van der Waals surface area contributed by atoms with Gasteiger partial charge in [0.25, 0.3) is 0 Å². The molecule has 0 saturated carbocycles. The lowest BCUT2D eigenvalue weighted by Gasteiger charge is -2.13. The van der Waals surface area contributed by atoms with Crippen LogP contribution in [0.1, 0.15) is 22.3 Å². The van der Waals surface area contributed by atoms with Crippen LogP contribution >= 0.6 is 0 Å². The van der Waals surface area contributed by atoms with Gasteiger partial charge in [0.05, 0.1) is 13.2 Å². The summed E-state index contributed by atoms with van der Waals surface area (Å²) in [5.41, 5.74) is 4.68. The summed E-state index contributed by atoms with van der Waals surface area (Å²) in [4.78, 5) is 10.8. The first-order valence-corrected chi connectivity index (χ1v) is 5.69. The molecule has 2 aliphatic heterocycles.